The van der Waals surface area contributed by atoms with Gasteiger partial charge in [0.15, 0.2) is 0 Å². The third-order valence-corrected chi connectivity index (χ3v) is 3.27. The molecular formula is C16H19NO5. The number of carboxylic acid groups (broad SMARTS) is 1. The molecule has 0 unspecified atom stereocenters. The lowest BCUT2D eigenvalue weighted by Crippen LogP contribution is -2.39. The second-order valence-electron chi connectivity index (χ2n) is 6.21. The zero-order chi connectivity index (χ0) is 16.5. The summed E-state index contributed by atoms with van der Waals surface area (Å²) in [6.45, 7) is 5.92. The SMILES string of the molecule is CC(C)(C)OC(=O)N1CCCc2cc(C(=O)C(=O)O)ccc21. The molecule has 0 fully saturated rings. The van der Waals surface area contributed by atoms with Gasteiger partial charge >= 0.3 is 12.1 Å². The van der Waals surface area contributed by atoms with Gasteiger partial charge in [0.2, 0.25) is 0 Å². The van der Waals surface area contributed by atoms with Gasteiger partial charge in [-0.1, -0.05) is 0 Å². The average Bonchev–Trinajstić information content (AvgIpc) is 2.43. The lowest BCUT2D eigenvalue weighted by molar-refractivity contribution is -0.131. The number of hydrogen-bond donors (Lipinski definition) is 1. The van der Waals surface area contributed by atoms with Crippen LogP contribution < -0.4 is 4.90 Å². The van der Waals surface area contributed by atoms with E-state index in [1.807, 2.05) is 0 Å². The van der Waals surface area contributed by atoms with Crippen LogP contribution in [0.15, 0.2) is 18.2 Å². The monoisotopic (exact) mass is 305 g/mol. The Morgan fingerprint density at radius 2 is 1.91 bits per heavy atom. The van der Waals surface area contributed by atoms with E-state index in [4.69, 9.17) is 9.84 Å². The molecular weight excluding hydrogens is 286 g/mol. The quantitative estimate of drug-likeness (QED) is 0.670. The molecule has 118 valence electrons. The molecule has 0 atom stereocenters. The Bertz CT molecular complexity index is 630. The first-order valence-corrected chi connectivity index (χ1v) is 7.10. The largest absolute Gasteiger partial charge is 0.475 e. The molecule has 1 N–H and O–H groups in total. The van der Waals surface area contributed by atoms with E-state index in [0.717, 1.165) is 12.0 Å². The number of amides is 1. The van der Waals surface area contributed by atoms with E-state index in [-0.39, 0.29) is 5.56 Å². The molecule has 1 aliphatic heterocycles. The van der Waals surface area contributed by atoms with Crippen LogP contribution in [0.2, 0.25) is 0 Å². The Balaban J connectivity index is 2.30. The van der Waals surface area contributed by atoms with Crippen LogP contribution in [0.25, 0.3) is 0 Å². The highest BCUT2D eigenvalue weighted by atomic mass is 16.6. The molecule has 1 aromatic rings. The molecule has 0 radical (unpaired) electrons. The highest BCUT2D eigenvalue weighted by molar-refractivity contribution is 6.39. The van der Waals surface area contributed by atoms with Crippen LogP contribution >= 0.6 is 0 Å². The predicted molar refractivity (Wildman–Crippen MR) is 80.3 cm³/mol. The standard InChI is InChI=1S/C16H19NO5/c1-16(2,3)22-15(21)17-8-4-5-10-9-11(6-7-12(10)17)13(18)14(19)20/h6-7,9H,4-5,8H2,1-3H3,(H,19,20). The minimum Gasteiger partial charge on any atom is -0.475 e. The Morgan fingerprint density at radius 1 is 1.23 bits per heavy atom. The van der Waals surface area contributed by atoms with Crippen molar-refractivity contribution in [2.24, 2.45) is 0 Å². The van der Waals surface area contributed by atoms with Crippen LogP contribution in [-0.4, -0.2) is 35.1 Å². The number of Topliss-reactive ketones (excluding diaryl/α,β-unsaturated/α-hetero) is 1. The van der Waals surface area contributed by atoms with Gasteiger partial charge in [-0.3, -0.25) is 9.69 Å². The zero-order valence-corrected chi connectivity index (χ0v) is 12.9. The normalized spacial score (nSPS) is 14.2. The van der Waals surface area contributed by atoms with Crippen LogP contribution in [0.1, 0.15) is 43.1 Å². The van der Waals surface area contributed by atoms with Crippen molar-refractivity contribution in [2.45, 2.75) is 39.2 Å². The minimum absolute atomic E-state index is 0.122. The molecule has 1 amide bonds. The van der Waals surface area contributed by atoms with Crippen molar-refractivity contribution >= 4 is 23.5 Å². The fourth-order valence-corrected chi connectivity index (χ4v) is 2.37. The second-order valence-corrected chi connectivity index (χ2v) is 6.21. The molecule has 6 heteroatoms. The van der Waals surface area contributed by atoms with Crippen LogP contribution in [0, 0.1) is 0 Å². The molecule has 1 heterocycles. The first kappa shape index (κ1) is 16.0. The van der Waals surface area contributed by atoms with E-state index in [2.05, 4.69) is 0 Å². The maximum atomic E-state index is 12.2. The van der Waals surface area contributed by atoms with Gasteiger partial charge in [-0.25, -0.2) is 9.59 Å². The van der Waals surface area contributed by atoms with Crippen molar-refractivity contribution in [2.75, 3.05) is 11.4 Å². The van der Waals surface area contributed by atoms with Gasteiger partial charge in [0.25, 0.3) is 5.78 Å². The van der Waals surface area contributed by atoms with Crippen molar-refractivity contribution in [1.29, 1.82) is 0 Å². The summed E-state index contributed by atoms with van der Waals surface area (Å²) in [6.07, 6.45) is 0.984. The number of nitrogens with zero attached hydrogens (tertiary/aromatic N) is 1. The van der Waals surface area contributed by atoms with Crippen LogP contribution in [0.3, 0.4) is 0 Å². The predicted octanol–water partition coefficient (Wildman–Crippen LogP) is 2.64. The number of carbonyl (C=O) groups is 3. The van der Waals surface area contributed by atoms with E-state index in [1.54, 1.807) is 32.9 Å². The number of rotatable bonds is 2. The van der Waals surface area contributed by atoms with Crippen LogP contribution in [-0.2, 0) is 16.0 Å². The van der Waals surface area contributed by atoms with E-state index in [9.17, 15) is 14.4 Å². The lowest BCUT2D eigenvalue weighted by Gasteiger charge is -2.31. The number of ketones is 1. The van der Waals surface area contributed by atoms with Gasteiger partial charge in [0, 0.05) is 12.1 Å². The van der Waals surface area contributed by atoms with E-state index < -0.39 is 23.4 Å². The number of aryl methyl sites for hydroxylation is 1. The number of hydrogen-bond acceptors (Lipinski definition) is 4. The minimum atomic E-state index is -1.49. The smallest absolute Gasteiger partial charge is 0.414 e. The second kappa shape index (κ2) is 5.79. The third-order valence-electron chi connectivity index (χ3n) is 3.27. The first-order valence-electron chi connectivity index (χ1n) is 7.10. The first-order chi connectivity index (χ1) is 10.2. The molecule has 0 aromatic heterocycles. The summed E-state index contributed by atoms with van der Waals surface area (Å²) < 4.78 is 5.38. The maximum Gasteiger partial charge on any atom is 0.414 e. The number of anilines is 1. The number of carbonyl (C=O) groups excluding carboxylic acids is 2. The van der Waals surface area contributed by atoms with Crippen molar-refractivity contribution in [3.8, 4) is 0 Å². The van der Waals surface area contributed by atoms with E-state index in [0.29, 0.717) is 18.7 Å². The summed E-state index contributed by atoms with van der Waals surface area (Å²) in [4.78, 5) is 36.1. The molecule has 2 rings (SSSR count). The molecule has 0 bridgehead atoms. The van der Waals surface area contributed by atoms with Crippen molar-refractivity contribution in [1.82, 2.24) is 0 Å². The summed E-state index contributed by atoms with van der Waals surface area (Å²) in [5.41, 5.74) is 0.984. The van der Waals surface area contributed by atoms with Crippen LogP contribution in [0.4, 0.5) is 10.5 Å². The zero-order valence-electron chi connectivity index (χ0n) is 12.9. The highest BCUT2D eigenvalue weighted by Gasteiger charge is 2.28. The summed E-state index contributed by atoms with van der Waals surface area (Å²) in [5, 5.41) is 8.77. The molecule has 0 spiro atoms. The lowest BCUT2D eigenvalue weighted by atomic mass is 9.98. The van der Waals surface area contributed by atoms with Crippen molar-refractivity contribution in [3.63, 3.8) is 0 Å². The van der Waals surface area contributed by atoms with Gasteiger partial charge < -0.3 is 9.84 Å². The van der Waals surface area contributed by atoms with Gasteiger partial charge in [-0.15, -0.1) is 0 Å². The van der Waals surface area contributed by atoms with E-state index in [1.165, 1.54) is 11.0 Å². The summed E-state index contributed by atoms with van der Waals surface area (Å²) in [6, 6.07) is 4.58. The molecule has 0 aliphatic carbocycles. The van der Waals surface area contributed by atoms with E-state index >= 15 is 0 Å². The van der Waals surface area contributed by atoms with Crippen molar-refractivity contribution < 1.29 is 24.2 Å². The fourth-order valence-electron chi connectivity index (χ4n) is 2.37. The van der Waals surface area contributed by atoms with Crippen LogP contribution in [0.5, 0.6) is 0 Å². The Labute approximate surface area is 128 Å². The Morgan fingerprint density at radius 3 is 2.50 bits per heavy atom. The summed E-state index contributed by atoms with van der Waals surface area (Å²) in [5.74, 6) is -2.43. The number of carboxylic acids is 1. The Hall–Kier alpha value is -2.37. The molecule has 1 aliphatic rings. The molecule has 1 aromatic carbocycles. The molecule has 22 heavy (non-hydrogen) atoms. The van der Waals surface area contributed by atoms with Crippen molar-refractivity contribution in [3.05, 3.63) is 29.3 Å². The number of ether oxygens (including phenoxy) is 1. The number of aliphatic carboxylic acids is 1. The Kier molecular flexibility index (Phi) is 4.21. The number of fused-ring (bicyclic) bond motifs is 1. The maximum absolute atomic E-state index is 12.2. The molecule has 0 saturated heterocycles. The van der Waals surface area contributed by atoms with Gasteiger partial charge in [-0.2, -0.15) is 0 Å². The highest BCUT2D eigenvalue weighted by Crippen LogP contribution is 2.29. The van der Waals surface area contributed by atoms with Gasteiger partial charge in [-0.05, 0) is 57.4 Å². The van der Waals surface area contributed by atoms with Gasteiger partial charge in [0.1, 0.15) is 5.60 Å². The molecule has 0 saturated carbocycles. The van der Waals surface area contributed by atoms with Gasteiger partial charge in [0.05, 0.1) is 5.69 Å². The number of benzene rings is 1. The third kappa shape index (κ3) is 3.44. The average molecular weight is 305 g/mol. The topological polar surface area (TPSA) is 83.9 Å². The molecule has 6 nitrogen and oxygen atoms in total. The summed E-state index contributed by atoms with van der Waals surface area (Å²) >= 11 is 0. The summed E-state index contributed by atoms with van der Waals surface area (Å²) in [7, 11) is 0. The fraction of sp³-hybridized carbons (Fsp3) is 0.438.